The number of rotatable bonds is 5. The van der Waals surface area contributed by atoms with Crippen molar-refractivity contribution in [3.05, 3.63) is 70.8 Å². The minimum absolute atomic E-state index is 0.0000563. The zero-order valence-electron chi connectivity index (χ0n) is 16.0. The third kappa shape index (κ3) is 4.71. The maximum Gasteiger partial charge on any atom is 0.251 e. The van der Waals surface area contributed by atoms with E-state index in [0.717, 1.165) is 37.3 Å². The molecule has 1 atom stereocenters. The fourth-order valence-electron chi connectivity index (χ4n) is 3.46. The van der Waals surface area contributed by atoms with Gasteiger partial charge in [-0.15, -0.1) is 0 Å². The van der Waals surface area contributed by atoms with E-state index in [1.54, 1.807) is 0 Å². The Bertz CT molecular complexity index is 733. The summed E-state index contributed by atoms with van der Waals surface area (Å²) in [6.45, 7) is 8.91. The average molecular weight is 351 g/mol. The molecule has 0 spiro atoms. The van der Waals surface area contributed by atoms with Gasteiger partial charge >= 0.3 is 0 Å². The van der Waals surface area contributed by atoms with E-state index in [4.69, 9.17) is 0 Å². The fraction of sp³-hybridized carbons (Fsp3) is 0.409. The van der Waals surface area contributed by atoms with Crippen LogP contribution in [0.2, 0.25) is 0 Å². The Hall–Kier alpha value is -2.17. The normalized spacial score (nSPS) is 17.0. The SMILES string of the molecule is Cc1ccc(C(CNC(=O)c2cccc(C)c2)N2CCN(C)CC2)cc1. The summed E-state index contributed by atoms with van der Waals surface area (Å²) in [5.74, 6) is -0.0000563. The summed E-state index contributed by atoms with van der Waals surface area (Å²) in [7, 11) is 2.16. The van der Waals surface area contributed by atoms with Crippen LogP contribution in [-0.4, -0.2) is 55.5 Å². The van der Waals surface area contributed by atoms with E-state index in [0.29, 0.717) is 6.54 Å². The summed E-state index contributed by atoms with van der Waals surface area (Å²) >= 11 is 0. The van der Waals surface area contributed by atoms with Crippen LogP contribution in [0.4, 0.5) is 0 Å². The van der Waals surface area contributed by atoms with Gasteiger partial charge in [0.1, 0.15) is 0 Å². The van der Waals surface area contributed by atoms with Gasteiger partial charge in [0.25, 0.3) is 5.91 Å². The second kappa shape index (κ2) is 8.47. The number of hydrogen-bond acceptors (Lipinski definition) is 3. The Kier molecular flexibility index (Phi) is 6.07. The van der Waals surface area contributed by atoms with Crippen LogP contribution in [-0.2, 0) is 0 Å². The van der Waals surface area contributed by atoms with Crippen molar-refractivity contribution in [1.29, 1.82) is 0 Å². The molecule has 1 fully saturated rings. The summed E-state index contributed by atoms with van der Waals surface area (Å²) in [5, 5.41) is 3.15. The molecule has 1 amide bonds. The van der Waals surface area contributed by atoms with Crippen LogP contribution in [0.1, 0.15) is 33.1 Å². The Morgan fingerprint density at radius 1 is 1.00 bits per heavy atom. The lowest BCUT2D eigenvalue weighted by atomic mass is 10.0. The van der Waals surface area contributed by atoms with Gasteiger partial charge in [-0.1, -0.05) is 47.5 Å². The van der Waals surface area contributed by atoms with Crippen molar-refractivity contribution in [2.24, 2.45) is 0 Å². The standard InChI is InChI=1S/C22H29N3O/c1-17-7-9-19(10-8-17)21(25-13-11-24(3)12-14-25)16-23-22(26)20-6-4-5-18(2)15-20/h4-10,15,21H,11-14,16H2,1-3H3,(H,23,26). The zero-order valence-corrected chi connectivity index (χ0v) is 16.0. The molecule has 1 aliphatic heterocycles. The van der Waals surface area contributed by atoms with Gasteiger partial charge in [-0.05, 0) is 38.6 Å². The monoisotopic (exact) mass is 351 g/mol. The largest absolute Gasteiger partial charge is 0.350 e. The average Bonchev–Trinajstić information content (AvgIpc) is 2.64. The molecule has 138 valence electrons. The number of aryl methyl sites for hydroxylation is 2. The molecule has 1 aliphatic rings. The molecule has 0 saturated carbocycles. The molecule has 3 rings (SSSR count). The van der Waals surface area contributed by atoms with Crippen molar-refractivity contribution in [2.45, 2.75) is 19.9 Å². The van der Waals surface area contributed by atoms with Crippen LogP contribution in [0.25, 0.3) is 0 Å². The minimum Gasteiger partial charge on any atom is -0.350 e. The first-order chi connectivity index (χ1) is 12.5. The summed E-state index contributed by atoms with van der Waals surface area (Å²) in [6, 6.07) is 16.7. The summed E-state index contributed by atoms with van der Waals surface area (Å²) < 4.78 is 0. The van der Waals surface area contributed by atoms with Crippen LogP contribution in [0.5, 0.6) is 0 Å². The third-order valence-electron chi connectivity index (χ3n) is 5.18. The molecule has 0 aromatic heterocycles. The Balaban J connectivity index is 1.73. The van der Waals surface area contributed by atoms with Crippen molar-refractivity contribution in [3.63, 3.8) is 0 Å². The first-order valence-corrected chi connectivity index (χ1v) is 9.37. The van der Waals surface area contributed by atoms with Crippen molar-refractivity contribution in [3.8, 4) is 0 Å². The van der Waals surface area contributed by atoms with E-state index in [9.17, 15) is 4.79 Å². The van der Waals surface area contributed by atoms with Gasteiger partial charge in [0.2, 0.25) is 0 Å². The molecule has 0 bridgehead atoms. The molecule has 1 heterocycles. The maximum atomic E-state index is 12.6. The van der Waals surface area contributed by atoms with Gasteiger partial charge in [0.15, 0.2) is 0 Å². The zero-order chi connectivity index (χ0) is 18.5. The van der Waals surface area contributed by atoms with Crippen LogP contribution >= 0.6 is 0 Å². The summed E-state index contributed by atoms with van der Waals surface area (Å²) in [4.78, 5) is 17.4. The Morgan fingerprint density at radius 2 is 1.69 bits per heavy atom. The number of nitrogens with zero attached hydrogens (tertiary/aromatic N) is 2. The number of carbonyl (C=O) groups excluding carboxylic acids is 1. The summed E-state index contributed by atoms with van der Waals surface area (Å²) in [6.07, 6.45) is 0. The number of likely N-dealkylation sites (N-methyl/N-ethyl adjacent to an activating group) is 1. The van der Waals surface area contributed by atoms with Gasteiger partial charge in [-0.3, -0.25) is 9.69 Å². The molecular formula is C22H29N3O. The van der Waals surface area contributed by atoms with Crippen molar-refractivity contribution < 1.29 is 4.79 Å². The van der Waals surface area contributed by atoms with Crippen LogP contribution in [0, 0.1) is 13.8 Å². The first-order valence-electron chi connectivity index (χ1n) is 9.37. The number of amides is 1. The van der Waals surface area contributed by atoms with Crippen molar-refractivity contribution in [1.82, 2.24) is 15.1 Å². The van der Waals surface area contributed by atoms with Gasteiger partial charge in [-0.2, -0.15) is 0 Å². The quantitative estimate of drug-likeness (QED) is 0.899. The Labute approximate surface area is 156 Å². The highest BCUT2D eigenvalue weighted by atomic mass is 16.1. The second-order valence-corrected chi connectivity index (χ2v) is 7.35. The molecular weight excluding hydrogens is 322 g/mol. The molecule has 26 heavy (non-hydrogen) atoms. The minimum atomic E-state index is -0.0000563. The van der Waals surface area contributed by atoms with Gasteiger partial charge < -0.3 is 10.2 Å². The van der Waals surface area contributed by atoms with E-state index in [-0.39, 0.29) is 11.9 Å². The van der Waals surface area contributed by atoms with Gasteiger partial charge in [0, 0.05) is 38.3 Å². The van der Waals surface area contributed by atoms with E-state index in [1.807, 2.05) is 31.2 Å². The van der Waals surface area contributed by atoms with Crippen LogP contribution < -0.4 is 5.32 Å². The lowest BCUT2D eigenvalue weighted by molar-refractivity contribution is 0.0886. The van der Waals surface area contributed by atoms with E-state index >= 15 is 0 Å². The number of hydrogen-bond donors (Lipinski definition) is 1. The molecule has 1 N–H and O–H groups in total. The van der Waals surface area contributed by atoms with Crippen molar-refractivity contribution >= 4 is 5.91 Å². The molecule has 4 heteroatoms. The Morgan fingerprint density at radius 3 is 2.35 bits per heavy atom. The highest BCUT2D eigenvalue weighted by molar-refractivity contribution is 5.94. The molecule has 1 saturated heterocycles. The fourth-order valence-corrected chi connectivity index (χ4v) is 3.46. The van der Waals surface area contributed by atoms with Gasteiger partial charge in [0.05, 0.1) is 6.04 Å². The highest BCUT2D eigenvalue weighted by Crippen LogP contribution is 2.22. The van der Waals surface area contributed by atoms with E-state index < -0.39 is 0 Å². The van der Waals surface area contributed by atoms with E-state index in [2.05, 4.69) is 53.4 Å². The maximum absolute atomic E-state index is 12.6. The molecule has 0 aliphatic carbocycles. The topological polar surface area (TPSA) is 35.6 Å². The number of nitrogens with one attached hydrogen (secondary N) is 1. The number of carbonyl (C=O) groups is 1. The highest BCUT2D eigenvalue weighted by Gasteiger charge is 2.24. The molecule has 1 unspecified atom stereocenters. The predicted molar refractivity (Wildman–Crippen MR) is 107 cm³/mol. The number of benzene rings is 2. The molecule has 2 aromatic rings. The smallest absolute Gasteiger partial charge is 0.251 e. The third-order valence-corrected chi connectivity index (χ3v) is 5.18. The lowest BCUT2D eigenvalue weighted by Gasteiger charge is -2.38. The molecule has 4 nitrogen and oxygen atoms in total. The van der Waals surface area contributed by atoms with E-state index in [1.165, 1.54) is 11.1 Å². The van der Waals surface area contributed by atoms with Crippen molar-refractivity contribution in [2.75, 3.05) is 39.8 Å². The summed E-state index contributed by atoms with van der Waals surface area (Å²) in [5.41, 5.74) is 4.36. The molecule has 0 radical (unpaired) electrons. The van der Waals surface area contributed by atoms with Crippen LogP contribution in [0.15, 0.2) is 48.5 Å². The number of piperazine rings is 1. The van der Waals surface area contributed by atoms with Gasteiger partial charge in [-0.25, -0.2) is 0 Å². The first kappa shape index (κ1) is 18.6. The lowest BCUT2D eigenvalue weighted by Crippen LogP contribution is -2.48. The molecule has 2 aromatic carbocycles. The second-order valence-electron chi connectivity index (χ2n) is 7.35. The predicted octanol–water partition coefficient (Wildman–Crippen LogP) is 3.02. The van der Waals surface area contributed by atoms with Crippen LogP contribution in [0.3, 0.4) is 0 Å².